The van der Waals surface area contributed by atoms with E-state index in [-0.39, 0.29) is 35.9 Å². The highest BCUT2D eigenvalue weighted by molar-refractivity contribution is 6.01. The van der Waals surface area contributed by atoms with Crippen LogP contribution in [0.1, 0.15) is 36.4 Å². The van der Waals surface area contributed by atoms with Crippen LogP contribution < -0.4 is 15.5 Å². The average molecular weight is 623 g/mol. The molecule has 1 unspecified atom stereocenters. The molecule has 0 spiro atoms. The second kappa shape index (κ2) is 14.0. The number of nitrogens with zero attached hydrogens (tertiary/aromatic N) is 4. The third kappa shape index (κ3) is 6.77. The summed E-state index contributed by atoms with van der Waals surface area (Å²) in [5.74, 6) is -3.04. The first-order valence-corrected chi connectivity index (χ1v) is 14.9. The van der Waals surface area contributed by atoms with Gasteiger partial charge in [0.05, 0.1) is 36.2 Å². The first kappa shape index (κ1) is 31.9. The van der Waals surface area contributed by atoms with Crippen molar-refractivity contribution in [3.63, 3.8) is 0 Å². The van der Waals surface area contributed by atoms with Crippen molar-refractivity contribution in [1.29, 1.82) is 5.26 Å². The summed E-state index contributed by atoms with van der Waals surface area (Å²) in [6.07, 6.45) is 2.76. The van der Waals surface area contributed by atoms with Crippen molar-refractivity contribution in [3.05, 3.63) is 76.5 Å². The minimum atomic E-state index is -1.39. The number of methoxy groups -OCH3 is 2. The number of hydrogen-bond donors (Lipinski definition) is 2. The molecule has 2 atom stereocenters. The Bertz CT molecular complexity index is 1520. The zero-order valence-corrected chi connectivity index (χ0v) is 25.2. The molecule has 2 fully saturated rings. The van der Waals surface area contributed by atoms with Gasteiger partial charge in [-0.3, -0.25) is 4.90 Å². The molecule has 2 aromatic rings. The third-order valence-electron chi connectivity index (χ3n) is 8.71. The molecule has 4 amide bonds. The molecular formula is C32H36F2N6O5. The number of piperidine rings is 1. The molecule has 2 aromatic carbocycles. The van der Waals surface area contributed by atoms with Crippen LogP contribution in [-0.2, 0) is 14.3 Å². The summed E-state index contributed by atoms with van der Waals surface area (Å²) in [6.45, 7) is 3.42. The molecule has 11 nitrogen and oxygen atoms in total. The maximum Gasteiger partial charge on any atom is 0.338 e. The van der Waals surface area contributed by atoms with E-state index in [1.807, 2.05) is 24.3 Å². The molecule has 2 saturated heterocycles. The van der Waals surface area contributed by atoms with E-state index in [0.717, 1.165) is 75.3 Å². The van der Waals surface area contributed by atoms with E-state index in [9.17, 15) is 28.4 Å². The van der Waals surface area contributed by atoms with E-state index in [0.29, 0.717) is 11.6 Å². The number of hydrogen-bond acceptors (Lipinski definition) is 8. The van der Waals surface area contributed by atoms with E-state index < -0.39 is 35.7 Å². The van der Waals surface area contributed by atoms with Crippen molar-refractivity contribution in [2.75, 3.05) is 58.5 Å². The molecule has 0 bridgehead atoms. The van der Waals surface area contributed by atoms with Gasteiger partial charge in [-0.15, -0.1) is 0 Å². The van der Waals surface area contributed by atoms with Crippen LogP contribution in [0.25, 0.3) is 0 Å². The van der Waals surface area contributed by atoms with Crippen LogP contribution in [0.15, 0.2) is 53.7 Å². The Morgan fingerprint density at radius 2 is 1.82 bits per heavy atom. The molecule has 0 aliphatic carbocycles. The fourth-order valence-corrected chi connectivity index (χ4v) is 6.47. The summed E-state index contributed by atoms with van der Waals surface area (Å²) in [7, 11) is 2.51. The van der Waals surface area contributed by atoms with Crippen molar-refractivity contribution in [3.8, 4) is 6.07 Å². The molecule has 2 N–H and O–H groups in total. The van der Waals surface area contributed by atoms with Gasteiger partial charge in [0.15, 0.2) is 11.6 Å². The molecule has 0 radical (unpaired) electrons. The highest BCUT2D eigenvalue weighted by Gasteiger charge is 2.43. The summed E-state index contributed by atoms with van der Waals surface area (Å²) >= 11 is 0. The fourth-order valence-electron chi connectivity index (χ4n) is 6.47. The number of imide groups is 1. The number of nitrogens with one attached hydrogen (secondary N) is 2. The third-order valence-corrected chi connectivity index (χ3v) is 8.71. The highest BCUT2D eigenvalue weighted by atomic mass is 19.2. The number of esters is 1. The highest BCUT2D eigenvalue weighted by Crippen LogP contribution is 2.35. The predicted molar refractivity (Wildman–Crippen MR) is 160 cm³/mol. The molecule has 238 valence electrons. The average Bonchev–Trinajstić information content (AvgIpc) is 3.53. The van der Waals surface area contributed by atoms with Crippen LogP contribution in [0.4, 0.5) is 24.1 Å². The SMILES string of the molecule is COCC1=C(C(=O)OC)[C@H](c2ccc(F)c(F)c2)N(C(=O)NCC2CCN(C3CCN(c4ccccc4C#N)CC3)C2)C(=O)N1. The minimum Gasteiger partial charge on any atom is -0.466 e. The van der Waals surface area contributed by atoms with Crippen LogP contribution in [0.3, 0.4) is 0 Å². The molecule has 3 heterocycles. The number of nitriles is 1. The van der Waals surface area contributed by atoms with Crippen molar-refractivity contribution in [2.45, 2.75) is 31.3 Å². The summed E-state index contributed by atoms with van der Waals surface area (Å²) in [4.78, 5) is 45.2. The lowest BCUT2D eigenvalue weighted by atomic mass is 9.93. The second-order valence-corrected chi connectivity index (χ2v) is 11.4. The maximum atomic E-state index is 14.3. The zero-order chi connectivity index (χ0) is 32.1. The summed E-state index contributed by atoms with van der Waals surface area (Å²) in [6, 6.07) is 10.2. The Hall–Kier alpha value is -4.54. The first-order valence-electron chi connectivity index (χ1n) is 14.9. The zero-order valence-electron chi connectivity index (χ0n) is 25.2. The number of urea groups is 2. The topological polar surface area (TPSA) is 127 Å². The van der Waals surface area contributed by atoms with Gasteiger partial charge >= 0.3 is 18.0 Å². The van der Waals surface area contributed by atoms with E-state index in [1.54, 1.807) is 0 Å². The Morgan fingerprint density at radius 1 is 1.07 bits per heavy atom. The number of halogens is 2. The minimum absolute atomic E-state index is 0.0173. The van der Waals surface area contributed by atoms with Crippen LogP contribution in [0.5, 0.6) is 0 Å². The molecular weight excluding hydrogens is 586 g/mol. The Kier molecular flexibility index (Phi) is 9.95. The monoisotopic (exact) mass is 622 g/mol. The van der Waals surface area contributed by atoms with Crippen molar-refractivity contribution < 1.29 is 32.6 Å². The van der Waals surface area contributed by atoms with E-state index in [1.165, 1.54) is 13.2 Å². The number of carbonyl (C=O) groups excluding carboxylic acids is 3. The van der Waals surface area contributed by atoms with Crippen LogP contribution in [0.2, 0.25) is 0 Å². The van der Waals surface area contributed by atoms with Gasteiger partial charge in [0, 0.05) is 39.3 Å². The Labute approximate surface area is 260 Å². The quantitative estimate of drug-likeness (QED) is 0.427. The number of ether oxygens (including phenoxy) is 2. The number of benzene rings is 2. The first-order chi connectivity index (χ1) is 21.7. The number of carbonyl (C=O) groups is 3. The fraction of sp³-hybridized carbons (Fsp3) is 0.438. The van der Waals surface area contributed by atoms with Crippen LogP contribution in [-0.4, -0.2) is 87.4 Å². The Balaban J connectivity index is 1.25. The smallest absolute Gasteiger partial charge is 0.338 e. The van der Waals surface area contributed by atoms with E-state index in [2.05, 4.69) is 26.5 Å². The van der Waals surface area contributed by atoms with Crippen molar-refractivity contribution in [2.24, 2.45) is 5.92 Å². The van der Waals surface area contributed by atoms with Gasteiger partial charge in [-0.25, -0.2) is 28.1 Å². The molecule has 45 heavy (non-hydrogen) atoms. The van der Waals surface area contributed by atoms with Gasteiger partial charge in [0.1, 0.15) is 12.1 Å². The molecule has 5 rings (SSSR count). The van der Waals surface area contributed by atoms with Gasteiger partial charge in [-0.1, -0.05) is 18.2 Å². The van der Waals surface area contributed by atoms with Crippen molar-refractivity contribution in [1.82, 2.24) is 20.4 Å². The predicted octanol–water partition coefficient (Wildman–Crippen LogP) is 3.68. The number of anilines is 1. The van der Waals surface area contributed by atoms with Gasteiger partial charge in [0.2, 0.25) is 0 Å². The molecule has 3 aliphatic heterocycles. The molecule has 0 saturated carbocycles. The lowest BCUT2D eigenvalue weighted by molar-refractivity contribution is -0.137. The van der Waals surface area contributed by atoms with Crippen LogP contribution >= 0.6 is 0 Å². The molecule has 0 aromatic heterocycles. The van der Waals surface area contributed by atoms with Gasteiger partial charge < -0.3 is 25.0 Å². The number of amides is 4. The number of likely N-dealkylation sites (tertiary alicyclic amines) is 1. The van der Waals surface area contributed by atoms with Crippen LogP contribution in [0, 0.1) is 28.9 Å². The normalized spacial score (nSPS) is 21.0. The largest absolute Gasteiger partial charge is 0.466 e. The van der Waals surface area contributed by atoms with E-state index >= 15 is 0 Å². The molecule has 13 heteroatoms. The van der Waals surface area contributed by atoms with E-state index in [4.69, 9.17) is 9.47 Å². The standard InChI is InChI=1S/C32H36F2N6O5/c1-44-19-26-28(30(41)45-2)29(21-7-8-24(33)25(34)15-21)40(32(43)37-26)31(42)36-17-20-9-12-39(18-20)23-10-13-38(14-11-23)27-6-4-3-5-22(27)16-35/h3-8,15,20,23,29H,9-14,17-19H2,1-2H3,(H,36,42)(H,37,43)/t20?,29-/m0/s1. The maximum absolute atomic E-state index is 14.3. The van der Waals surface area contributed by atoms with Gasteiger partial charge in [-0.05, 0) is 61.6 Å². The van der Waals surface area contributed by atoms with Gasteiger partial charge in [0.25, 0.3) is 0 Å². The second-order valence-electron chi connectivity index (χ2n) is 11.4. The lowest BCUT2D eigenvalue weighted by Crippen LogP contribution is -2.55. The van der Waals surface area contributed by atoms with Crippen molar-refractivity contribution >= 4 is 23.7 Å². The summed E-state index contributed by atoms with van der Waals surface area (Å²) in [5.41, 5.74) is 1.58. The molecule has 3 aliphatic rings. The summed E-state index contributed by atoms with van der Waals surface area (Å²) in [5, 5.41) is 14.8. The lowest BCUT2D eigenvalue weighted by Gasteiger charge is -2.38. The number of rotatable bonds is 8. The summed E-state index contributed by atoms with van der Waals surface area (Å²) < 4.78 is 38.2. The Morgan fingerprint density at radius 3 is 2.51 bits per heavy atom. The number of para-hydroxylation sites is 1. The van der Waals surface area contributed by atoms with Gasteiger partial charge in [-0.2, -0.15) is 5.26 Å².